The summed E-state index contributed by atoms with van der Waals surface area (Å²) in [4.78, 5) is 14.5. The summed E-state index contributed by atoms with van der Waals surface area (Å²) in [6.07, 6.45) is 1.12. The standard InChI is InChI=1S/C10H5Br2NO3/c11-6-1-5(2-7(12)3-6)9-13-8(4-16-9)10(14)15/h1-4H,(H,14,15). The first-order valence-electron chi connectivity index (χ1n) is 4.21. The van der Waals surface area contributed by atoms with Gasteiger partial charge in [-0.3, -0.25) is 0 Å². The Labute approximate surface area is 108 Å². The Balaban J connectivity index is 2.46. The van der Waals surface area contributed by atoms with Crippen LogP contribution in [0.4, 0.5) is 0 Å². The number of carboxylic acid groups (broad SMARTS) is 1. The molecule has 1 aromatic heterocycles. The minimum Gasteiger partial charge on any atom is -0.476 e. The highest BCUT2D eigenvalue weighted by Crippen LogP contribution is 2.27. The van der Waals surface area contributed by atoms with Crippen LogP contribution in [0, 0.1) is 0 Å². The van der Waals surface area contributed by atoms with Gasteiger partial charge < -0.3 is 9.52 Å². The molecule has 0 amide bonds. The Hall–Kier alpha value is -1.14. The van der Waals surface area contributed by atoms with Gasteiger partial charge in [-0.15, -0.1) is 0 Å². The van der Waals surface area contributed by atoms with Gasteiger partial charge in [0.1, 0.15) is 6.26 Å². The van der Waals surface area contributed by atoms with Crippen molar-refractivity contribution in [2.45, 2.75) is 0 Å². The van der Waals surface area contributed by atoms with Gasteiger partial charge in [-0.05, 0) is 18.2 Å². The van der Waals surface area contributed by atoms with E-state index >= 15 is 0 Å². The molecule has 0 saturated heterocycles. The number of nitrogens with zero attached hydrogens (tertiary/aromatic N) is 1. The number of oxazole rings is 1. The van der Waals surface area contributed by atoms with Crippen molar-refractivity contribution in [3.8, 4) is 11.5 Å². The van der Waals surface area contributed by atoms with Crippen molar-refractivity contribution in [3.63, 3.8) is 0 Å². The van der Waals surface area contributed by atoms with Crippen LogP contribution in [0.15, 0.2) is 37.8 Å². The number of aromatic carboxylic acids is 1. The van der Waals surface area contributed by atoms with Crippen molar-refractivity contribution in [3.05, 3.63) is 39.1 Å². The first-order chi connectivity index (χ1) is 7.56. The summed E-state index contributed by atoms with van der Waals surface area (Å²) in [7, 11) is 0. The number of carboxylic acids is 1. The van der Waals surface area contributed by atoms with E-state index < -0.39 is 5.97 Å². The summed E-state index contributed by atoms with van der Waals surface area (Å²) in [6, 6.07) is 5.45. The first kappa shape index (κ1) is 11.3. The summed E-state index contributed by atoms with van der Waals surface area (Å²) >= 11 is 6.66. The summed E-state index contributed by atoms with van der Waals surface area (Å²) in [5.41, 5.74) is 0.597. The molecule has 82 valence electrons. The zero-order valence-corrected chi connectivity index (χ0v) is 10.9. The van der Waals surface area contributed by atoms with Crippen LogP contribution >= 0.6 is 31.9 Å². The molecule has 0 aliphatic carbocycles. The Kier molecular flexibility index (Phi) is 3.11. The fraction of sp³-hybridized carbons (Fsp3) is 0. The molecule has 0 atom stereocenters. The molecule has 2 aromatic rings. The van der Waals surface area contributed by atoms with Crippen molar-refractivity contribution >= 4 is 37.8 Å². The molecule has 0 radical (unpaired) electrons. The lowest BCUT2D eigenvalue weighted by atomic mass is 10.2. The van der Waals surface area contributed by atoms with Crippen LogP contribution in [0.1, 0.15) is 10.5 Å². The lowest BCUT2D eigenvalue weighted by Crippen LogP contribution is -1.95. The van der Waals surface area contributed by atoms with E-state index in [0.717, 1.165) is 15.2 Å². The van der Waals surface area contributed by atoms with Crippen LogP contribution in [0.25, 0.3) is 11.5 Å². The maximum Gasteiger partial charge on any atom is 0.357 e. The number of rotatable bonds is 2. The van der Waals surface area contributed by atoms with Gasteiger partial charge in [0.2, 0.25) is 5.89 Å². The average molecular weight is 347 g/mol. The average Bonchev–Trinajstić information content (AvgIpc) is 2.64. The molecule has 4 nitrogen and oxygen atoms in total. The number of hydrogen-bond acceptors (Lipinski definition) is 3. The predicted octanol–water partition coefficient (Wildman–Crippen LogP) is 3.56. The monoisotopic (exact) mass is 345 g/mol. The Morgan fingerprint density at radius 3 is 2.38 bits per heavy atom. The summed E-state index contributed by atoms with van der Waals surface area (Å²) in [5.74, 6) is -0.830. The van der Waals surface area contributed by atoms with Gasteiger partial charge in [0, 0.05) is 14.5 Å². The summed E-state index contributed by atoms with van der Waals surface area (Å²) in [6.45, 7) is 0. The molecule has 1 heterocycles. The molecule has 6 heteroatoms. The molecule has 0 bridgehead atoms. The van der Waals surface area contributed by atoms with Crippen LogP contribution < -0.4 is 0 Å². The largest absolute Gasteiger partial charge is 0.476 e. The third kappa shape index (κ3) is 2.33. The number of hydrogen-bond donors (Lipinski definition) is 1. The van der Waals surface area contributed by atoms with Crippen molar-refractivity contribution in [2.24, 2.45) is 0 Å². The summed E-state index contributed by atoms with van der Waals surface area (Å²) in [5, 5.41) is 8.71. The second-order valence-electron chi connectivity index (χ2n) is 3.00. The van der Waals surface area contributed by atoms with Crippen molar-refractivity contribution in [1.29, 1.82) is 0 Å². The van der Waals surface area contributed by atoms with Crippen molar-refractivity contribution in [2.75, 3.05) is 0 Å². The number of carbonyl (C=O) groups is 1. The van der Waals surface area contributed by atoms with E-state index in [9.17, 15) is 4.79 Å². The molecule has 0 unspecified atom stereocenters. The van der Waals surface area contributed by atoms with Crippen LogP contribution in [0.3, 0.4) is 0 Å². The second-order valence-corrected chi connectivity index (χ2v) is 4.83. The smallest absolute Gasteiger partial charge is 0.357 e. The van der Waals surface area contributed by atoms with E-state index in [1.165, 1.54) is 0 Å². The second kappa shape index (κ2) is 4.39. The van der Waals surface area contributed by atoms with Gasteiger partial charge >= 0.3 is 5.97 Å². The molecular weight excluding hydrogens is 342 g/mol. The van der Waals surface area contributed by atoms with Gasteiger partial charge in [0.05, 0.1) is 0 Å². The summed E-state index contributed by atoms with van der Waals surface area (Å²) < 4.78 is 6.80. The SMILES string of the molecule is O=C(O)c1coc(-c2cc(Br)cc(Br)c2)n1. The molecule has 0 aliphatic heterocycles. The minimum atomic E-state index is -1.11. The Morgan fingerprint density at radius 1 is 1.25 bits per heavy atom. The molecule has 1 aromatic carbocycles. The van der Waals surface area contributed by atoms with Crippen LogP contribution in [-0.2, 0) is 0 Å². The number of aromatic nitrogens is 1. The third-order valence-electron chi connectivity index (χ3n) is 1.83. The molecule has 0 spiro atoms. The predicted molar refractivity (Wildman–Crippen MR) is 64.3 cm³/mol. The van der Waals surface area contributed by atoms with E-state index in [0.29, 0.717) is 5.56 Å². The minimum absolute atomic E-state index is 0.105. The number of halogens is 2. The fourth-order valence-corrected chi connectivity index (χ4v) is 2.48. The highest BCUT2D eigenvalue weighted by atomic mass is 79.9. The Bertz CT molecular complexity index is 530. The van der Waals surface area contributed by atoms with Gasteiger partial charge in [-0.25, -0.2) is 9.78 Å². The van der Waals surface area contributed by atoms with Crippen molar-refractivity contribution in [1.82, 2.24) is 4.98 Å². The van der Waals surface area contributed by atoms with Crippen molar-refractivity contribution < 1.29 is 14.3 Å². The van der Waals surface area contributed by atoms with E-state index in [1.54, 1.807) is 12.1 Å². The first-order valence-corrected chi connectivity index (χ1v) is 5.80. The Morgan fingerprint density at radius 2 is 1.88 bits per heavy atom. The van der Waals surface area contributed by atoms with Crippen LogP contribution in [0.2, 0.25) is 0 Å². The van der Waals surface area contributed by atoms with Gasteiger partial charge in [0.15, 0.2) is 5.69 Å². The normalized spacial score (nSPS) is 10.4. The zero-order valence-electron chi connectivity index (χ0n) is 7.78. The molecule has 1 N–H and O–H groups in total. The van der Waals surface area contributed by atoms with E-state index in [-0.39, 0.29) is 11.6 Å². The van der Waals surface area contributed by atoms with Crippen LogP contribution in [0.5, 0.6) is 0 Å². The van der Waals surface area contributed by atoms with Crippen LogP contribution in [-0.4, -0.2) is 16.1 Å². The maximum atomic E-state index is 10.6. The lowest BCUT2D eigenvalue weighted by molar-refractivity contribution is 0.0690. The molecule has 0 saturated carbocycles. The van der Waals surface area contributed by atoms with E-state index in [4.69, 9.17) is 9.52 Å². The molecule has 0 aliphatic rings. The highest BCUT2D eigenvalue weighted by molar-refractivity contribution is 9.11. The topological polar surface area (TPSA) is 63.3 Å². The van der Waals surface area contributed by atoms with Gasteiger partial charge in [0.25, 0.3) is 0 Å². The van der Waals surface area contributed by atoms with E-state index in [1.807, 2.05) is 6.07 Å². The molecule has 16 heavy (non-hydrogen) atoms. The zero-order chi connectivity index (χ0) is 11.7. The lowest BCUT2D eigenvalue weighted by Gasteiger charge is -1.98. The van der Waals surface area contributed by atoms with Gasteiger partial charge in [-0.1, -0.05) is 31.9 Å². The quantitative estimate of drug-likeness (QED) is 0.902. The van der Waals surface area contributed by atoms with E-state index in [2.05, 4.69) is 36.8 Å². The highest BCUT2D eigenvalue weighted by Gasteiger charge is 2.12. The maximum absolute atomic E-state index is 10.6. The molecular formula is C10H5Br2NO3. The fourth-order valence-electron chi connectivity index (χ4n) is 1.18. The third-order valence-corrected chi connectivity index (χ3v) is 2.75. The number of benzene rings is 1. The molecule has 2 rings (SSSR count). The molecule has 0 fully saturated rings. The van der Waals surface area contributed by atoms with Gasteiger partial charge in [-0.2, -0.15) is 0 Å².